The average molecular weight is 390 g/mol. The zero-order chi connectivity index (χ0) is 20.0. The van der Waals surface area contributed by atoms with Crippen LogP contribution in [0.2, 0.25) is 0 Å². The fourth-order valence-electron chi connectivity index (χ4n) is 3.99. The summed E-state index contributed by atoms with van der Waals surface area (Å²) in [6.45, 7) is 1.06. The molecule has 2 aromatic carbocycles. The van der Waals surface area contributed by atoms with Crippen LogP contribution in [0.15, 0.2) is 54.7 Å². The number of amides is 1. The maximum atomic E-state index is 12.5. The molecule has 2 aliphatic rings. The molecule has 1 aliphatic heterocycles. The van der Waals surface area contributed by atoms with Crippen molar-refractivity contribution in [3.05, 3.63) is 71.5 Å². The molecule has 1 aliphatic carbocycles. The molecule has 1 amide bonds. The Labute approximate surface area is 166 Å². The second-order valence-electron chi connectivity index (χ2n) is 7.22. The van der Waals surface area contributed by atoms with E-state index in [1.165, 1.54) is 33.2 Å². The lowest BCUT2D eigenvalue weighted by molar-refractivity contribution is 0.0479. The summed E-state index contributed by atoms with van der Waals surface area (Å²) in [5, 5.41) is 16.8. The van der Waals surface area contributed by atoms with Crippen LogP contribution < -0.4 is 0 Å². The number of aromatic nitrogens is 3. The lowest BCUT2D eigenvalue weighted by atomic mass is 9.98. The van der Waals surface area contributed by atoms with Gasteiger partial charge in [0.1, 0.15) is 12.6 Å². The molecule has 0 saturated carbocycles. The molecular formula is C21H18N4O4. The molecular weight excluding hydrogens is 372 g/mol. The summed E-state index contributed by atoms with van der Waals surface area (Å²) in [6, 6.07) is 16.3. The van der Waals surface area contributed by atoms with Gasteiger partial charge in [0.25, 0.3) is 0 Å². The normalized spacial score (nSPS) is 15.5. The number of nitrogens with zero attached hydrogens (tertiary/aromatic N) is 4. The Morgan fingerprint density at radius 2 is 1.66 bits per heavy atom. The molecule has 0 bridgehead atoms. The SMILES string of the molecule is O=C(O)c1cnn(C2CN(C(=O)OCC3c4ccccc4-c4ccccc43)C2)n1. The fraction of sp³-hybridized carbons (Fsp3) is 0.238. The van der Waals surface area contributed by atoms with E-state index in [0.29, 0.717) is 13.1 Å². The largest absolute Gasteiger partial charge is 0.476 e. The molecule has 1 N–H and O–H groups in total. The second-order valence-corrected chi connectivity index (χ2v) is 7.22. The molecule has 1 saturated heterocycles. The zero-order valence-electron chi connectivity index (χ0n) is 15.4. The highest BCUT2D eigenvalue weighted by molar-refractivity contribution is 5.84. The standard InChI is InChI=1S/C21H18N4O4/c26-20(27)19-9-22-25(23-19)13-10-24(11-13)21(28)29-12-18-16-7-3-1-5-14(16)15-6-2-4-8-17(15)18/h1-9,13,18H,10-12H2,(H,26,27). The van der Waals surface area contributed by atoms with Gasteiger partial charge in [-0.05, 0) is 22.3 Å². The molecule has 0 atom stereocenters. The van der Waals surface area contributed by atoms with E-state index in [1.54, 1.807) is 4.90 Å². The Morgan fingerprint density at radius 1 is 1.03 bits per heavy atom. The van der Waals surface area contributed by atoms with Crippen LogP contribution in [0.1, 0.15) is 33.6 Å². The molecule has 146 valence electrons. The number of carbonyl (C=O) groups is 2. The van der Waals surface area contributed by atoms with Gasteiger partial charge in [0.15, 0.2) is 5.69 Å². The van der Waals surface area contributed by atoms with Crippen molar-refractivity contribution in [1.82, 2.24) is 19.9 Å². The van der Waals surface area contributed by atoms with Gasteiger partial charge in [-0.1, -0.05) is 48.5 Å². The third kappa shape index (κ3) is 2.93. The Bertz CT molecular complexity index is 1060. The van der Waals surface area contributed by atoms with Crippen molar-refractivity contribution in [2.24, 2.45) is 0 Å². The van der Waals surface area contributed by atoms with Crippen LogP contribution in [0.4, 0.5) is 4.79 Å². The zero-order valence-corrected chi connectivity index (χ0v) is 15.4. The van der Waals surface area contributed by atoms with Gasteiger partial charge < -0.3 is 14.7 Å². The molecule has 5 rings (SSSR count). The van der Waals surface area contributed by atoms with Gasteiger partial charge in [0.2, 0.25) is 0 Å². The number of rotatable bonds is 4. The molecule has 8 nitrogen and oxygen atoms in total. The van der Waals surface area contributed by atoms with Crippen LogP contribution in [0.5, 0.6) is 0 Å². The number of benzene rings is 2. The van der Waals surface area contributed by atoms with E-state index in [-0.39, 0.29) is 30.4 Å². The minimum Gasteiger partial charge on any atom is -0.476 e. The van der Waals surface area contributed by atoms with Crippen LogP contribution in [0.25, 0.3) is 11.1 Å². The molecule has 29 heavy (non-hydrogen) atoms. The van der Waals surface area contributed by atoms with E-state index in [4.69, 9.17) is 9.84 Å². The summed E-state index contributed by atoms with van der Waals surface area (Å²) in [7, 11) is 0. The van der Waals surface area contributed by atoms with E-state index < -0.39 is 5.97 Å². The van der Waals surface area contributed by atoms with E-state index in [2.05, 4.69) is 34.5 Å². The number of ether oxygens (including phenoxy) is 1. The van der Waals surface area contributed by atoms with Crippen LogP contribution in [-0.4, -0.2) is 56.8 Å². The first-order valence-corrected chi connectivity index (χ1v) is 9.37. The second kappa shape index (κ2) is 6.73. The molecule has 0 radical (unpaired) electrons. The number of hydrogen-bond acceptors (Lipinski definition) is 5. The molecule has 1 aromatic heterocycles. The fourth-order valence-corrected chi connectivity index (χ4v) is 3.99. The van der Waals surface area contributed by atoms with Crippen molar-refractivity contribution in [3.8, 4) is 11.1 Å². The number of fused-ring (bicyclic) bond motifs is 3. The van der Waals surface area contributed by atoms with Crippen molar-refractivity contribution in [1.29, 1.82) is 0 Å². The smallest absolute Gasteiger partial charge is 0.409 e. The molecule has 0 unspecified atom stereocenters. The highest BCUT2D eigenvalue weighted by atomic mass is 16.6. The quantitative estimate of drug-likeness (QED) is 0.736. The van der Waals surface area contributed by atoms with Crippen LogP contribution in [0, 0.1) is 0 Å². The van der Waals surface area contributed by atoms with Crippen LogP contribution >= 0.6 is 0 Å². The van der Waals surface area contributed by atoms with Gasteiger partial charge in [-0.25, -0.2) is 9.59 Å². The third-order valence-corrected chi connectivity index (χ3v) is 5.51. The Hall–Kier alpha value is -3.68. The van der Waals surface area contributed by atoms with Gasteiger partial charge in [-0.3, -0.25) is 0 Å². The summed E-state index contributed by atoms with van der Waals surface area (Å²) in [5.41, 5.74) is 4.61. The predicted molar refractivity (Wildman–Crippen MR) is 103 cm³/mol. The Balaban J connectivity index is 1.22. The number of hydrogen-bond donors (Lipinski definition) is 1. The van der Waals surface area contributed by atoms with Crippen molar-refractivity contribution in [2.45, 2.75) is 12.0 Å². The van der Waals surface area contributed by atoms with Gasteiger partial charge in [-0.15, -0.1) is 5.10 Å². The molecule has 3 aromatic rings. The molecule has 8 heteroatoms. The highest BCUT2D eigenvalue weighted by Crippen LogP contribution is 2.44. The summed E-state index contributed by atoms with van der Waals surface area (Å²) < 4.78 is 5.61. The third-order valence-electron chi connectivity index (χ3n) is 5.51. The van der Waals surface area contributed by atoms with Crippen LogP contribution in [0.3, 0.4) is 0 Å². The Morgan fingerprint density at radius 3 is 2.24 bits per heavy atom. The lowest BCUT2D eigenvalue weighted by Crippen LogP contribution is -2.51. The van der Waals surface area contributed by atoms with E-state index in [9.17, 15) is 9.59 Å². The van der Waals surface area contributed by atoms with Crippen LogP contribution in [-0.2, 0) is 4.74 Å². The topological polar surface area (TPSA) is 97.6 Å². The van der Waals surface area contributed by atoms with Gasteiger partial charge in [0.05, 0.1) is 19.3 Å². The summed E-state index contributed by atoms with van der Waals surface area (Å²) in [6.07, 6.45) is 0.826. The molecule has 0 spiro atoms. The van der Waals surface area contributed by atoms with E-state index in [0.717, 1.165) is 0 Å². The van der Waals surface area contributed by atoms with Crippen molar-refractivity contribution in [2.75, 3.05) is 19.7 Å². The van der Waals surface area contributed by atoms with Gasteiger partial charge in [0, 0.05) is 5.92 Å². The minimum absolute atomic E-state index is 0.0225. The molecule has 1 fully saturated rings. The first-order valence-electron chi connectivity index (χ1n) is 9.37. The van der Waals surface area contributed by atoms with Gasteiger partial charge >= 0.3 is 12.1 Å². The van der Waals surface area contributed by atoms with Crippen molar-refractivity contribution in [3.63, 3.8) is 0 Å². The summed E-state index contributed by atoms with van der Waals surface area (Å²) in [4.78, 5) is 26.3. The first kappa shape index (κ1) is 17.4. The number of aromatic carboxylic acids is 1. The summed E-state index contributed by atoms with van der Waals surface area (Å²) >= 11 is 0. The van der Waals surface area contributed by atoms with Crippen molar-refractivity contribution < 1.29 is 19.4 Å². The highest BCUT2D eigenvalue weighted by Gasteiger charge is 2.36. The maximum Gasteiger partial charge on any atom is 0.409 e. The number of carboxylic acid groups (broad SMARTS) is 1. The van der Waals surface area contributed by atoms with Crippen molar-refractivity contribution >= 4 is 12.1 Å². The predicted octanol–water partition coefficient (Wildman–Crippen LogP) is 2.78. The Kier molecular flexibility index (Phi) is 4.04. The van der Waals surface area contributed by atoms with E-state index >= 15 is 0 Å². The average Bonchev–Trinajstić information content (AvgIpc) is 3.29. The number of likely N-dealkylation sites (tertiary alicyclic amines) is 1. The number of carbonyl (C=O) groups excluding carboxylic acids is 1. The summed E-state index contributed by atoms with van der Waals surface area (Å²) in [5.74, 6) is -1.10. The lowest BCUT2D eigenvalue weighted by Gasteiger charge is -2.37. The number of carboxylic acids is 1. The van der Waals surface area contributed by atoms with E-state index in [1.807, 2.05) is 24.3 Å². The first-order chi connectivity index (χ1) is 14.1. The maximum absolute atomic E-state index is 12.5. The molecule has 2 heterocycles. The minimum atomic E-state index is -1.12. The monoisotopic (exact) mass is 390 g/mol. The van der Waals surface area contributed by atoms with Gasteiger partial charge in [-0.2, -0.15) is 9.90 Å².